The van der Waals surface area contributed by atoms with Crippen molar-refractivity contribution in [1.82, 2.24) is 4.98 Å². The molecule has 0 atom stereocenters. The minimum Gasteiger partial charge on any atom is -0.492 e. The van der Waals surface area contributed by atoms with Crippen molar-refractivity contribution in [1.29, 1.82) is 0 Å². The summed E-state index contributed by atoms with van der Waals surface area (Å²) in [6.07, 6.45) is 3.97. The summed E-state index contributed by atoms with van der Waals surface area (Å²) in [6, 6.07) is 1.64. The average Bonchev–Trinajstić information content (AvgIpc) is 2.27. The molecular formula is C11H15NO3. The first-order valence-corrected chi connectivity index (χ1v) is 5.03. The van der Waals surface area contributed by atoms with Crippen molar-refractivity contribution in [2.45, 2.75) is 20.3 Å². The molecule has 0 spiro atoms. The summed E-state index contributed by atoms with van der Waals surface area (Å²) >= 11 is 0. The molecule has 1 rings (SSSR count). The molecule has 0 saturated heterocycles. The van der Waals surface area contributed by atoms with Gasteiger partial charge < -0.3 is 9.47 Å². The van der Waals surface area contributed by atoms with E-state index in [9.17, 15) is 4.79 Å². The maximum atomic E-state index is 11.4. The van der Waals surface area contributed by atoms with Gasteiger partial charge in [0.1, 0.15) is 5.75 Å². The molecule has 0 unspecified atom stereocenters. The molecule has 0 aromatic carbocycles. The first-order valence-electron chi connectivity index (χ1n) is 5.03. The second-order valence-corrected chi connectivity index (χ2v) is 2.98. The Kier molecular flexibility index (Phi) is 4.60. The number of hydrogen-bond donors (Lipinski definition) is 0. The third kappa shape index (κ3) is 3.58. The third-order valence-corrected chi connectivity index (χ3v) is 1.70. The summed E-state index contributed by atoms with van der Waals surface area (Å²) in [7, 11) is 0. The zero-order valence-corrected chi connectivity index (χ0v) is 9.03. The van der Waals surface area contributed by atoms with Crippen LogP contribution in [0.4, 0.5) is 0 Å². The van der Waals surface area contributed by atoms with Crippen LogP contribution in [0.1, 0.15) is 30.6 Å². The number of hydrogen-bond acceptors (Lipinski definition) is 4. The van der Waals surface area contributed by atoms with Gasteiger partial charge in [-0.15, -0.1) is 0 Å². The van der Waals surface area contributed by atoms with Gasteiger partial charge in [0.15, 0.2) is 0 Å². The number of aromatic nitrogens is 1. The van der Waals surface area contributed by atoms with E-state index in [1.807, 2.05) is 6.92 Å². The molecule has 15 heavy (non-hydrogen) atoms. The molecular weight excluding hydrogens is 194 g/mol. The Morgan fingerprint density at radius 3 is 2.87 bits per heavy atom. The van der Waals surface area contributed by atoms with Crippen LogP contribution in [0.3, 0.4) is 0 Å². The molecule has 4 nitrogen and oxygen atoms in total. The van der Waals surface area contributed by atoms with Crippen LogP contribution >= 0.6 is 0 Å². The number of rotatable bonds is 5. The second-order valence-electron chi connectivity index (χ2n) is 2.98. The molecule has 0 saturated carbocycles. The third-order valence-electron chi connectivity index (χ3n) is 1.70. The Balaban J connectivity index is 2.69. The summed E-state index contributed by atoms with van der Waals surface area (Å²) in [4.78, 5) is 15.3. The van der Waals surface area contributed by atoms with Gasteiger partial charge in [-0.1, -0.05) is 6.92 Å². The molecule has 0 bridgehead atoms. The quantitative estimate of drug-likeness (QED) is 0.696. The van der Waals surface area contributed by atoms with Gasteiger partial charge in [0, 0.05) is 6.20 Å². The molecule has 1 aromatic heterocycles. The highest BCUT2D eigenvalue weighted by atomic mass is 16.5. The van der Waals surface area contributed by atoms with Crippen LogP contribution in [-0.2, 0) is 4.74 Å². The van der Waals surface area contributed by atoms with E-state index in [0.29, 0.717) is 24.5 Å². The molecule has 4 heteroatoms. The van der Waals surface area contributed by atoms with Gasteiger partial charge in [-0.05, 0) is 19.4 Å². The lowest BCUT2D eigenvalue weighted by molar-refractivity contribution is 0.0525. The van der Waals surface area contributed by atoms with Gasteiger partial charge in [-0.3, -0.25) is 4.98 Å². The summed E-state index contributed by atoms with van der Waals surface area (Å²) in [5.74, 6) is 0.231. The lowest BCUT2D eigenvalue weighted by Gasteiger charge is -2.05. The Labute approximate surface area is 89.2 Å². The van der Waals surface area contributed by atoms with E-state index in [1.165, 1.54) is 6.20 Å². The molecule has 0 N–H and O–H groups in total. The van der Waals surface area contributed by atoms with Gasteiger partial charge in [0.25, 0.3) is 0 Å². The highest BCUT2D eigenvalue weighted by Gasteiger charge is 2.07. The number of pyridine rings is 1. The fourth-order valence-electron chi connectivity index (χ4n) is 1.04. The van der Waals surface area contributed by atoms with Gasteiger partial charge in [-0.2, -0.15) is 0 Å². The lowest BCUT2D eigenvalue weighted by Crippen LogP contribution is -2.05. The molecule has 0 amide bonds. The molecule has 82 valence electrons. The summed E-state index contributed by atoms with van der Waals surface area (Å²) in [5, 5.41) is 0. The Hall–Kier alpha value is -1.58. The first kappa shape index (κ1) is 11.5. The maximum Gasteiger partial charge on any atom is 0.339 e. The predicted octanol–water partition coefficient (Wildman–Crippen LogP) is 2.05. The zero-order valence-electron chi connectivity index (χ0n) is 9.03. The highest BCUT2D eigenvalue weighted by molar-refractivity contribution is 5.89. The van der Waals surface area contributed by atoms with Crippen molar-refractivity contribution in [3.8, 4) is 5.75 Å². The number of esters is 1. The van der Waals surface area contributed by atoms with E-state index in [0.717, 1.165) is 6.42 Å². The van der Waals surface area contributed by atoms with E-state index in [-0.39, 0.29) is 5.97 Å². The molecule has 1 heterocycles. The van der Waals surface area contributed by atoms with Crippen LogP contribution in [0.25, 0.3) is 0 Å². The van der Waals surface area contributed by atoms with Crippen molar-refractivity contribution in [3.05, 3.63) is 24.0 Å². The van der Waals surface area contributed by atoms with Gasteiger partial charge in [0.05, 0.1) is 25.0 Å². The fourth-order valence-corrected chi connectivity index (χ4v) is 1.04. The van der Waals surface area contributed by atoms with Crippen molar-refractivity contribution in [2.75, 3.05) is 13.2 Å². The molecule has 0 aliphatic heterocycles. The Bertz CT molecular complexity index is 325. The number of carbonyl (C=O) groups excluding carboxylic acids is 1. The normalized spacial score (nSPS) is 9.73. The Morgan fingerprint density at radius 2 is 2.20 bits per heavy atom. The summed E-state index contributed by atoms with van der Waals surface area (Å²) in [5.41, 5.74) is 0.422. The molecule has 1 aromatic rings. The van der Waals surface area contributed by atoms with Crippen LogP contribution in [0.2, 0.25) is 0 Å². The highest BCUT2D eigenvalue weighted by Crippen LogP contribution is 2.12. The molecule has 0 fully saturated rings. The van der Waals surface area contributed by atoms with Crippen molar-refractivity contribution in [3.63, 3.8) is 0 Å². The van der Waals surface area contributed by atoms with E-state index >= 15 is 0 Å². The van der Waals surface area contributed by atoms with Crippen molar-refractivity contribution >= 4 is 5.97 Å². The number of nitrogens with zero attached hydrogens (tertiary/aromatic N) is 1. The van der Waals surface area contributed by atoms with E-state index in [1.54, 1.807) is 19.2 Å². The fraction of sp³-hybridized carbons (Fsp3) is 0.455. The number of ether oxygens (including phenoxy) is 2. The topological polar surface area (TPSA) is 48.4 Å². The summed E-state index contributed by atoms with van der Waals surface area (Å²) < 4.78 is 10.2. The van der Waals surface area contributed by atoms with Gasteiger partial charge in [0.2, 0.25) is 0 Å². The second kappa shape index (κ2) is 6.01. The maximum absolute atomic E-state index is 11.4. The molecule has 0 aliphatic carbocycles. The van der Waals surface area contributed by atoms with Crippen LogP contribution in [-0.4, -0.2) is 24.2 Å². The smallest absolute Gasteiger partial charge is 0.339 e. The van der Waals surface area contributed by atoms with Crippen LogP contribution in [0.5, 0.6) is 5.75 Å². The van der Waals surface area contributed by atoms with Crippen LogP contribution in [0, 0.1) is 0 Å². The average molecular weight is 209 g/mol. The minimum atomic E-state index is -0.369. The standard InChI is InChI=1S/C11H15NO3/c1-3-5-15-10-6-9(7-12-8-10)11(13)14-4-2/h6-8H,3-5H2,1-2H3. The predicted molar refractivity (Wildman–Crippen MR) is 56.0 cm³/mol. The Morgan fingerprint density at radius 1 is 1.40 bits per heavy atom. The largest absolute Gasteiger partial charge is 0.492 e. The minimum absolute atomic E-state index is 0.360. The van der Waals surface area contributed by atoms with Crippen LogP contribution < -0.4 is 4.74 Å². The SMILES string of the molecule is CCCOc1cncc(C(=O)OCC)c1. The van der Waals surface area contributed by atoms with Crippen LogP contribution in [0.15, 0.2) is 18.5 Å². The lowest BCUT2D eigenvalue weighted by atomic mass is 10.3. The van der Waals surface area contributed by atoms with E-state index in [2.05, 4.69) is 4.98 Å². The number of carbonyl (C=O) groups is 1. The molecule has 0 aliphatic rings. The van der Waals surface area contributed by atoms with Gasteiger partial charge in [-0.25, -0.2) is 4.79 Å². The van der Waals surface area contributed by atoms with E-state index in [4.69, 9.17) is 9.47 Å². The van der Waals surface area contributed by atoms with Crippen molar-refractivity contribution in [2.24, 2.45) is 0 Å². The summed E-state index contributed by atoms with van der Waals surface area (Å²) in [6.45, 7) is 4.76. The molecule has 0 radical (unpaired) electrons. The van der Waals surface area contributed by atoms with Crippen molar-refractivity contribution < 1.29 is 14.3 Å². The first-order chi connectivity index (χ1) is 7.27. The zero-order chi connectivity index (χ0) is 11.1. The van der Waals surface area contributed by atoms with E-state index < -0.39 is 0 Å². The monoisotopic (exact) mass is 209 g/mol. The van der Waals surface area contributed by atoms with Gasteiger partial charge >= 0.3 is 5.97 Å².